The molecule has 0 bridgehead atoms. The van der Waals surface area contributed by atoms with Crippen molar-refractivity contribution in [1.29, 1.82) is 0 Å². The van der Waals surface area contributed by atoms with E-state index in [-0.39, 0.29) is 0 Å². The molecular formula is C23H37N. The number of likely N-dealkylation sites (N-methyl/N-ethyl adjacent to an activating group) is 1. The average Bonchev–Trinajstić information content (AvgIpc) is 2.57. The molecule has 0 N–H and O–H groups in total. The van der Waals surface area contributed by atoms with Crippen molar-refractivity contribution in [3.63, 3.8) is 0 Å². The van der Waals surface area contributed by atoms with Gasteiger partial charge in [-0.25, -0.2) is 0 Å². The summed E-state index contributed by atoms with van der Waals surface area (Å²) in [5.41, 5.74) is 4.10. The van der Waals surface area contributed by atoms with Gasteiger partial charge in [0.1, 0.15) is 0 Å². The molecule has 0 heterocycles. The summed E-state index contributed by atoms with van der Waals surface area (Å²) in [4.78, 5) is 2.15. The van der Waals surface area contributed by atoms with Gasteiger partial charge in [0.2, 0.25) is 0 Å². The maximum atomic E-state index is 4.12. The Bertz CT molecular complexity index is 525. The fraction of sp³-hybridized carbons (Fsp3) is 0.565. The van der Waals surface area contributed by atoms with Gasteiger partial charge < -0.3 is 4.90 Å². The van der Waals surface area contributed by atoms with Crippen LogP contribution in [0.1, 0.15) is 71.8 Å². The van der Waals surface area contributed by atoms with Gasteiger partial charge in [-0.3, -0.25) is 0 Å². The van der Waals surface area contributed by atoms with Crippen LogP contribution in [0.4, 0.5) is 5.69 Å². The van der Waals surface area contributed by atoms with Crippen molar-refractivity contribution in [2.45, 2.75) is 72.6 Å². The monoisotopic (exact) mass is 327 g/mol. The Hall–Kier alpha value is -1.50. The van der Waals surface area contributed by atoms with Crippen LogP contribution in [0.2, 0.25) is 0 Å². The molecule has 24 heavy (non-hydrogen) atoms. The Labute approximate surface area is 150 Å². The molecule has 0 atom stereocenters. The van der Waals surface area contributed by atoms with E-state index >= 15 is 0 Å². The molecule has 0 fully saturated rings. The predicted molar refractivity (Wildman–Crippen MR) is 110 cm³/mol. The van der Waals surface area contributed by atoms with Crippen LogP contribution in [0.5, 0.6) is 0 Å². The number of nitrogens with zero attached hydrogens (tertiary/aromatic N) is 1. The van der Waals surface area contributed by atoms with Crippen molar-refractivity contribution < 1.29 is 0 Å². The highest BCUT2D eigenvalue weighted by atomic mass is 15.1. The first-order chi connectivity index (χ1) is 11.4. The molecule has 134 valence electrons. The van der Waals surface area contributed by atoms with Crippen molar-refractivity contribution in [3.05, 3.63) is 54.3 Å². The van der Waals surface area contributed by atoms with Crippen molar-refractivity contribution in [1.82, 2.24) is 0 Å². The molecule has 0 saturated carbocycles. The van der Waals surface area contributed by atoms with E-state index in [1.165, 1.54) is 49.8 Å². The van der Waals surface area contributed by atoms with Crippen LogP contribution in [0.3, 0.4) is 0 Å². The third-order valence-corrected chi connectivity index (χ3v) is 4.89. The number of aryl methyl sites for hydroxylation is 1. The third-order valence-electron chi connectivity index (χ3n) is 4.89. The van der Waals surface area contributed by atoms with Crippen LogP contribution in [-0.4, -0.2) is 7.05 Å². The first-order valence-electron chi connectivity index (χ1n) is 9.54. The number of anilines is 1. The minimum Gasteiger partial charge on any atom is -0.345 e. The molecular weight excluding hydrogens is 290 g/mol. The lowest BCUT2D eigenvalue weighted by Crippen LogP contribution is -2.15. The number of allylic oxidation sites excluding steroid dienone is 2. The normalized spacial score (nSPS) is 11.9. The molecule has 1 nitrogen and oxygen atoms in total. The van der Waals surface area contributed by atoms with Crippen molar-refractivity contribution >= 4 is 5.69 Å². The Morgan fingerprint density at radius 2 is 1.92 bits per heavy atom. The lowest BCUT2D eigenvalue weighted by molar-refractivity contribution is 0.295. The molecule has 0 spiro atoms. The molecule has 1 aromatic rings. The van der Waals surface area contributed by atoms with Gasteiger partial charge in [-0.05, 0) is 55.4 Å². The molecule has 1 rings (SSSR count). The zero-order valence-corrected chi connectivity index (χ0v) is 16.6. The maximum Gasteiger partial charge on any atom is 0.0410 e. The van der Waals surface area contributed by atoms with Gasteiger partial charge in [0.25, 0.3) is 0 Å². The standard InChI is InChI=1S/C23H37N/c1-7-9-10-11-17-23(4,5)18-16-21-14-12-15-22(19-21)24(6)20(3)13-8-2/h8,12-15,19H,3,7,9-11,16-18H2,1-2,4-6H3/b13-8-. The summed E-state index contributed by atoms with van der Waals surface area (Å²) in [6, 6.07) is 8.89. The second-order valence-corrected chi connectivity index (χ2v) is 7.70. The second-order valence-electron chi connectivity index (χ2n) is 7.70. The van der Waals surface area contributed by atoms with E-state index in [2.05, 4.69) is 63.6 Å². The van der Waals surface area contributed by atoms with Crippen LogP contribution in [0, 0.1) is 5.41 Å². The van der Waals surface area contributed by atoms with Crippen LogP contribution < -0.4 is 4.90 Å². The molecule has 1 aromatic carbocycles. The molecule has 0 aliphatic heterocycles. The molecule has 0 saturated heterocycles. The minimum absolute atomic E-state index is 0.435. The Kier molecular flexibility index (Phi) is 8.89. The van der Waals surface area contributed by atoms with Gasteiger partial charge >= 0.3 is 0 Å². The first-order valence-corrected chi connectivity index (χ1v) is 9.54. The third kappa shape index (κ3) is 7.38. The second kappa shape index (κ2) is 10.4. The van der Waals surface area contributed by atoms with E-state index in [1.807, 2.05) is 19.1 Å². The summed E-state index contributed by atoms with van der Waals surface area (Å²) in [5, 5.41) is 0. The van der Waals surface area contributed by atoms with Crippen molar-refractivity contribution in [3.8, 4) is 0 Å². The minimum atomic E-state index is 0.435. The SMILES string of the molecule is C=C(/C=C\C)N(C)c1cccc(CCC(C)(C)CCCCCC)c1. The molecule has 0 aliphatic rings. The largest absolute Gasteiger partial charge is 0.345 e. The average molecular weight is 328 g/mol. The lowest BCUT2D eigenvalue weighted by Gasteiger charge is -2.25. The van der Waals surface area contributed by atoms with Gasteiger partial charge in [0.15, 0.2) is 0 Å². The van der Waals surface area contributed by atoms with Crippen LogP contribution in [0.25, 0.3) is 0 Å². The van der Waals surface area contributed by atoms with Gasteiger partial charge in [-0.2, -0.15) is 0 Å². The van der Waals surface area contributed by atoms with E-state index in [1.54, 1.807) is 0 Å². The molecule has 0 aliphatic carbocycles. The molecule has 1 heteroatoms. The Morgan fingerprint density at radius 3 is 2.58 bits per heavy atom. The lowest BCUT2D eigenvalue weighted by atomic mass is 9.81. The van der Waals surface area contributed by atoms with E-state index in [0.717, 1.165) is 12.1 Å². The van der Waals surface area contributed by atoms with Crippen LogP contribution in [0.15, 0.2) is 48.7 Å². The summed E-state index contributed by atoms with van der Waals surface area (Å²) in [6.07, 6.45) is 13.3. The highest BCUT2D eigenvalue weighted by Gasteiger charge is 2.17. The van der Waals surface area contributed by atoms with E-state index in [4.69, 9.17) is 0 Å². The van der Waals surface area contributed by atoms with E-state index < -0.39 is 0 Å². The summed E-state index contributed by atoms with van der Waals surface area (Å²) in [6.45, 7) is 13.3. The zero-order valence-electron chi connectivity index (χ0n) is 16.6. The fourth-order valence-electron chi connectivity index (χ4n) is 3.03. The molecule has 0 aromatic heterocycles. The maximum absolute atomic E-state index is 4.12. The number of hydrogen-bond acceptors (Lipinski definition) is 1. The van der Waals surface area contributed by atoms with E-state index in [9.17, 15) is 0 Å². The highest BCUT2D eigenvalue weighted by Crippen LogP contribution is 2.30. The van der Waals surface area contributed by atoms with Crippen molar-refractivity contribution in [2.24, 2.45) is 5.41 Å². The van der Waals surface area contributed by atoms with Crippen LogP contribution >= 0.6 is 0 Å². The zero-order chi connectivity index (χ0) is 18.0. The fourth-order valence-corrected chi connectivity index (χ4v) is 3.03. The summed E-state index contributed by atoms with van der Waals surface area (Å²) < 4.78 is 0. The van der Waals surface area contributed by atoms with Gasteiger partial charge in [0, 0.05) is 18.4 Å². The van der Waals surface area contributed by atoms with Gasteiger partial charge in [0.05, 0.1) is 0 Å². The number of hydrogen-bond donors (Lipinski definition) is 0. The smallest absolute Gasteiger partial charge is 0.0410 e. The molecule has 0 amide bonds. The predicted octanol–water partition coefficient (Wildman–Crippen LogP) is 7.14. The Morgan fingerprint density at radius 1 is 1.17 bits per heavy atom. The van der Waals surface area contributed by atoms with Gasteiger partial charge in [-0.15, -0.1) is 0 Å². The number of benzene rings is 1. The summed E-state index contributed by atoms with van der Waals surface area (Å²) >= 11 is 0. The first kappa shape index (κ1) is 20.5. The van der Waals surface area contributed by atoms with Gasteiger partial charge in [-0.1, -0.05) is 71.2 Å². The Balaban J connectivity index is 2.59. The van der Waals surface area contributed by atoms with Crippen molar-refractivity contribution in [2.75, 3.05) is 11.9 Å². The topological polar surface area (TPSA) is 3.24 Å². The molecule has 0 unspecified atom stereocenters. The molecule has 0 radical (unpaired) electrons. The highest BCUT2D eigenvalue weighted by molar-refractivity contribution is 5.54. The number of unbranched alkanes of at least 4 members (excludes halogenated alkanes) is 3. The van der Waals surface area contributed by atoms with E-state index in [0.29, 0.717) is 5.41 Å². The van der Waals surface area contributed by atoms with Crippen LogP contribution in [-0.2, 0) is 6.42 Å². The summed E-state index contributed by atoms with van der Waals surface area (Å²) in [5.74, 6) is 0. The quantitative estimate of drug-likeness (QED) is 0.308. The number of rotatable bonds is 11. The summed E-state index contributed by atoms with van der Waals surface area (Å²) in [7, 11) is 2.08.